The van der Waals surface area contributed by atoms with E-state index in [4.69, 9.17) is 4.74 Å². The van der Waals surface area contributed by atoms with Gasteiger partial charge in [-0.25, -0.2) is 4.79 Å². The number of carbonyl (C=O) groups is 2. The summed E-state index contributed by atoms with van der Waals surface area (Å²) in [7, 11) is 0. The fourth-order valence-electron chi connectivity index (χ4n) is 3.48. The molecule has 0 radical (unpaired) electrons. The Kier molecular flexibility index (Phi) is 7.09. The first kappa shape index (κ1) is 20.0. The second kappa shape index (κ2) is 8.16. The number of hydrogen-bond donors (Lipinski definition) is 1. The Morgan fingerprint density at radius 1 is 1.22 bits per heavy atom. The van der Waals surface area contributed by atoms with E-state index in [1.54, 1.807) is 0 Å². The average molecular weight is 325 g/mol. The minimum atomic E-state index is -0.549. The molecule has 0 saturated heterocycles. The molecular formula is C19H35NO3. The van der Waals surface area contributed by atoms with Gasteiger partial charge >= 0.3 is 5.97 Å². The zero-order valence-corrected chi connectivity index (χ0v) is 15.9. The van der Waals surface area contributed by atoms with Crippen molar-refractivity contribution in [3.05, 3.63) is 0 Å². The highest BCUT2D eigenvalue weighted by molar-refractivity contribution is 5.86. The van der Waals surface area contributed by atoms with Gasteiger partial charge in [-0.1, -0.05) is 34.1 Å². The molecule has 4 atom stereocenters. The summed E-state index contributed by atoms with van der Waals surface area (Å²) >= 11 is 0. The molecule has 1 aliphatic rings. The molecule has 1 saturated carbocycles. The van der Waals surface area contributed by atoms with Crippen LogP contribution in [-0.4, -0.2) is 23.5 Å². The van der Waals surface area contributed by atoms with Crippen LogP contribution in [0.5, 0.6) is 0 Å². The molecule has 0 heterocycles. The van der Waals surface area contributed by atoms with Crippen LogP contribution < -0.4 is 5.32 Å². The van der Waals surface area contributed by atoms with Crippen LogP contribution >= 0.6 is 0 Å². The maximum absolute atomic E-state index is 12.8. The number of nitrogens with one attached hydrogen (secondary N) is 1. The minimum Gasteiger partial charge on any atom is -0.458 e. The van der Waals surface area contributed by atoms with E-state index < -0.39 is 11.6 Å². The van der Waals surface area contributed by atoms with Crippen molar-refractivity contribution in [1.29, 1.82) is 0 Å². The standard InChI is InChI=1S/C19H35NO3/c1-8-16(18(22)23-19(5,6)7)20-17(21)15-11-13(4)9-10-14(15)12(2)3/h12-16H,8-11H2,1-7H3,(H,20,21)/t13-,14+,15-,16?/m1/s1. The van der Waals surface area contributed by atoms with Gasteiger partial charge in [0.1, 0.15) is 11.6 Å². The van der Waals surface area contributed by atoms with E-state index in [0.29, 0.717) is 24.2 Å². The van der Waals surface area contributed by atoms with Gasteiger partial charge in [-0.3, -0.25) is 4.79 Å². The molecule has 0 bridgehead atoms. The molecule has 0 aromatic rings. The summed E-state index contributed by atoms with van der Waals surface area (Å²) in [6, 6.07) is -0.549. The summed E-state index contributed by atoms with van der Waals surface area (Å²) in [6.45, 7) is 14.0. The van der Waals surface area contributed by atoms with E-state index in [1.807, 2.05) is 27.7 Å². The van der Waals surface area contributed by atoms with Crippen molar-refractivity contribution in [2.45, 2.75) is 85.8 Å². The average Bonchev–Trinajstić information content (AvgIpc) is 2.41. The third-order valence-corrected chi connectivity index (χ3v) is 4.78. The Hall–Kier alpha value is -1.06. The first-order chi connectivity index (χ1) is 10.5. The Balaban J connectivity index is 2.75. The SMILES string of the molecule is CCC(NC(=O)[C@@H]1C[C@H](C)CC[C@H]1C(C)C)C(=O)OC(C)(C)C. The Morgan fingerprint density at radius 2 is 1.83 bits per heavy atom. The number of rotatable bonds is 5. The van der Waals surface area contributed by atoms with Crippen molar-refractivity contribution in [2.24, 2.45) is 23.7 Å². The lowest BCUT2D eigenvalue weighted by Crippen LogP contribution is -2.48. The van der Waals surface area contributed by atoms with Crippen molar-refractivity contribution in [3.63, 3.8) is 0 Å². The van der Waals surface area contributed by atoms with E-state index in [-0.39, 0.29) is 17.8 Å². The lowest BCUT2D eigenvalue weighted by molar-refractivity contribution is -0.159. The normalized spacial score (nSPS) is 26.7. The Labute approximate surface area is 141 Å². The molecule has 0 aliphatic heterocycles. The summed E-state index contributed by atoms with van der Waals surface area (Å²) in [6.07, 6.45) is 3.75. The van der Waals surface area contributed by atoms with Crippen molar-refractivity contribution >= 4 is 11.9 Å². The van der Waals surface area contributed by atoms with E-state index in [0.717, 1.165) is 12.8 Å². The second-order valence-electron chi connectivity index (χ2n) is 8.44. The maximum Gasteiger partial charge on any atom is 0.329 e. The van der Waals surface area contributed by atoms with E-state index in [2.05, 4.69) is 26.1 Å². The molecule has 1 N–H and O–H groups in total. The van der Waals surface area contributed by atoms with Gasteiger partial charge in [-0.05, 0) is 57.8 Å². The third-order valence-electron chi connectivity index (χ3n) is 4.78. The van der Waals surface area contributed by atoms with Gasteiger partial charge in [0.2, 0.25) is 5.91 Å². The smallest absolute Gasteiger partial charge is 0.329 e. The summed E-state index contributed by atoms with van der Waals surface area (Å²) in [4.78, 5) is 25.0. The van der Waals surface area contributed by atoms with E-state index in [1.165, 1.54) is 6.42 Å². The van der Waals surface area contributed by atoms with Gasteiger partial charge in [0.15, 0.2) is 0 Å². The van der Waals surface area contributed by atoms with Crippen LogP contribution in [0.25, 0.3) is 0 Å². The molecule has 1 fully saturated rings. The third kappa shape index (κ3) is 6.15. The van der Waals surface area contributed by atoms with Crippen LogP contribution in [0.3, 0.4) is 0 Å². The zero-order valence-electron chi connectivity index (χ0n) is 15.9. The maximum atomic E-state index is 12.8. The van der Waals surface area contributed by atoms with Gasteiger partial charge in [-0.15, -0.1) is 0 Å². The van der Waals surface area contributed by atoms with Crippen LogP contribution in [-0.2, 0) is 14.3 Å². The zero-order chi connectivity index (χ0) is 17.8. The van der Waals surface area contributed by atoms with Crippen LogP contribution in [0.15, 0.2) is 0 Å². The number of ether oxygens (including phenoxy) is 1. The first-order valence-electron chi connectivity index (χ1n) is 9.08. The molecule has 0 aromatic heterocycles. The fraction of sp³-hybridized carbons (Fsp3) is 0.895. The summed E-state index contributed by atoms with van der Waals surface area (Å²) in [5, 5.41) is 2.95. The predicted octanol–water partition coefficient (Wildman–Crippen LogP) is 3.93. The van der Waals surface area contributed by atoms with Crippen molar-refractivity contribution in [2.75, 3.05) is 0 Å². The van der Waals surface area contributed by atoms with Crippen LogP contribution in [0.4, 0.5) is 0 Å². The van der Waals surface area contributed by atoms with Crippen molar-refractivity contribution in [1.82, 2.24) is 5.32 Å². The van der Waals surface area contributed by atoms with Crippen molar-refractivity contribution in [3.8, 4) is 0 Å². The molecule has 134 valence electrons. The van der Waals surface area contributed by atoms with Gasteiger partial charge < -0.3 is 10.1 Å². The molecule has 0 aromatic carbocycles. The Morgan fingerprint density at radius 3 is 2.30 bits per heavy atom. The predicted molar refractivity (Wildman–Crippen MR) is 92.9 cm³/mol. The number of esters is 1. The molecule has 1 unspecified atom stereocenters. The molecule has 0 spiro atoms. The van der Waals surface area contributed by atoms with Crippen LogP contribution in [0.1, 0.15) is 74.1 Å². The van der Waals surface area contributed by atoms with E-state index >= 15 is 0 Å². The van der Waals surface area contributed by atoms with Gasteiger partial charge in [0.05, 0.1) is 0 Å². The van der Waals surface area contributed by atoms with Gasteiger partial charge in [-0.2, -0.15) is 0 Å². The number of carbonyl (C=O) groups excluding carboxylic acids is 2. The van der Waals surface area contributed by atoms with Crippen molar-refractivity contribution < 1.29 is 14.3 Å². The van der Waals surface area contributed by atoms with Crippen LogP contribution in [0, 0.1) is 23.7 Å². The largest absolute Gasteiger partial charge is 0.458 e. The van der Waals surface area contributed by atoms with E-state index in [9.17, 15) is 9.59 Å². The molecule has 1 rings (SSSR count). The quantitative estimate of drug-likeness (QED) is 0.779. The topological polar surface area (TPSA) is 55.4 Å². The molecule has 4 heteroatoms. The molecular weight excluding hydrogens is 290 g/mol. The summed E-state index contributed by atoms with van der Waals surface area (Å²) in [5.74, 6) is 1.16. The van der Waals surface area contributed by atoms with Gasteiger partial charge in [0, 0.05) is 5.92 Å². The first-order valence-corrected chi connectivity index (χ1v) is 9.08. The fourth-order valence-corrected chi connectivity index (χ4v) is 3.48. The number of hydrogen-bond acceptors (Lipinski definition) is 3. The summed E-state index contributed by atoms with van der Waals surface area (Å²) in [5.41, 5.74) is -0.533. The lowest BCUT2D eigenvalue weighted by Gasteiger charge is -2.37. The Bertz CT molecular complexity index is 411. The number of amides is 1. The van der Waals surface area contributed by atoms with Gasteiger partial charge in [0.25, 0.3) is 0 Å². The van der Waals surface area contributed by atoms with Crippen LogP contribution in [0.2, 0.25) is 0 Å². The molecule has 1 aliphatic carbocycles. The highest BCUT2D eigenvalue weighted by Crippen LogP contribution is 2.38. The monoisotopic (exact) mass is 325 g/mol. The highest BCUT2D eigenvalue weighted by Gasteiger charge is 2.37. The molecule has 1 amide bonds. The lowest BCUT2D eigenvalue weighted by atomic mass is 9.69. The summed E-state index contributed by atoms with van der Waals surface area (Å²) < 4.78 is 5.42. The minimum absolute atomic E-state index is 0.00948. The molecule has 4 nitrogen and oxygen atoms in total. The second-order valence-corrected chi connectivity index (χ2v) is 8.44. The highest BCUT2D eigenvalue weighted by atomic mass is 16.6. The molecule has 23 heavy (non-hydrogen) atoms.